The summed E-state index contributed by atoms with van der Waals surface area (Å²) in [6.07, 6.45) is 6.70. The van der Waals surface area contributed by atoms with E-state index in [0.29, 0.717) is 22.3 Å². The van der Waals surface area contributed by atoms with Gasteiger partial charge in [-0.25, -0.2) is 0 Å². The molecule has 0 bridgehead atoms. The summed E-state index contributed by atoms with van der Waals surface area (Å²) in [4.78, 5) is 27.0. The Hall–Kier alpha value is -2.21. The fraction of sp³-hybridized carbons (Fsp3) is 0.500. The third-order valence-corrected chi connectivity index (χ3v) is 5.52. The van der Waals surface area contributed by atoms with E-state index in [1.807, 2.05) is 19.1 Å². The van der Waals surface area contributed by atoms with Gasteiger partial charge in [-0.15, -0.1) is 10.2 Å². The van der Waals surface area contributed by atoms with Gasteiger partial charge in [-0.3, -0.25) is 9.59 Å². The molecule has 144 valence electrons. The van der Waals surface area contributed by atoms with E-state index in [4.69, 9.17) is 11.6 Å². The highest BCUT2D eigenvalue weighted by Crippen LogP contribution is 2.23. The number of H-pyrrole nitrogens is 1. The van der Waals surface area contributed by atoms with Gasteiger partial charge in [-0.2, -0.15) is 0 Å². The Kier molecular flexibility index (Phi) is 6.61. The molecule has 6 nitrogen and oxygen atoms in total. The zero-order valence-electron chi connectivity index (χ0n) is 15.6. The number of rotatable bonds is 6. The minimum absolute atomic E-state index is 0.0452. The number of aryl methyl sites for hydroxylation is 2. The van der Waals surface area contributed by atoms with Crippen molar-refractivity contribution in [2.75, 3.05) is 6.54 Å². The molecule has 2 aromatic rings. The number of hydrogen-bond acceptors (Lipinski definition) is 4. The minimum atomic E-state index is -0.322. The van der Waals surface area contributed by atoms with Crippen LogP contribution in [-0.4, -0.2) is 27.6 Å². The molecule has 0 saturated heterocycles. The third-order valence-electron chi connectivity index (χ3n) is 5.11. The minimum Gasteiger partial charge on any atom is -0.356 e. The summed E-state index contributed by atoms with van der Waals surface area (Å²) in [5.74, 6) is 0.912. The summed E-state index contributed by atoms with van der Waals surface area (Å²) in [6.45, 7) is 2.64. The van der Waals surface area contributed by atoms with Crippen molar-refractivity contribution in [1.82, 2.24) is 20.5 Å². The van der Waals surface area contributed by atoms with E-state index in [9.17, 15) is 9.59 Å². The first-order chi connectivity index (χ1) is 13.0. The van der Waals surface area contributed by atoms with E-state index >= 15 is 0 Å². The number of aromatic nitrogens is 3. The van der Waals surface area contributed by atoms with Crippen molar-refractivity contribution in [2.45, 2.75) is 51.9 Å². The second-order valence-corrected chi connectivity index (χ2v) is 7.63. The number of carbonyl (C=O) groups excluding carboxylic acids is 1. The topological polar surface area (TPSA) is 87.7 Å². The second-order valence-electron chi connectivity index (χ2n) is 7.22. The van der Waals surface area contributed by atoms with E-state index in [0.717, 1.165) is 12.1 Å². The van der Waals surface area contributed by atoms with Crippen LogP contribution in [0.4, 0.5) is 0 Å². The first-order valence-electron chi connectivity index (χ1n) is 9.52. The number of amides is 1. The Morgan fingerprint density at radius 1 is 1.26 bits per heavy atom. The number of hydrogen-bond donors (Lipinski definition) is 2. The van der Waals surface area contributed by atoms with Crippen LogP contribution >= 0.6 is 11.6 Å². The zero-order valence-corrected chi connectivity index (χ0v) is 16.3. The molecule has 27 heavy (non-hydrogen) atoms. The number of halogens is 1. The van der Waals surface area contributed by atoms with Gasteiger partial charge in [0.05, 0.1) is 0 Å². The predicted molar refractivity (Wildman–Crippen MR) is 106 cm³/mol. The van der Waals surface area contributed by atoms with Gasteiger partial charge < -0.3 is 10.3 Å². The fourth-order valence-corrected chi connectivity index (χ4v) is 3.54. The Labute approximate surface area is 163 Å². The van der Waals surface area contributed by atoms with Crippen molar-refractivity contribution in [3.8, 4) is 11.4 Å². The van der Waals surface area contributed by atoms with Crippen molar-refractivity contribution >= 4 is 17.5 Å². The standard InChI is InChI=1S/C20H25ClN4O2/c1-13-7-8-15(11-16(13)21)19-23-20(27)17(24-25-19)9-10-18(26)22-12-14-5-3-2-4-6-14/h7-8,11,14H,2-6,9-10,12H2,1H3,(H,22,26)(H,23,25,27). The van der Waals surface area contributed by atoms with E-state index in [-0.39, 0.29) is 30.0 Å². The van der Waals surface area contributed by atoms with Crippen LogP contribution in [0.25, 0.3) is 11.4 Å². The highest BCUT2D eigenvalue weighted by atomic mass is 35.5. The van der Waals surface area contributed by atoms with E-state index in [1.165, 1.54) is 32.1 Å². The van der Waals surface area contributed by atoms with Gasteiger partial charge in [-0.1, -0.05) is 43.0 Å². The molecule has 3 rings (SSSR count). The van der Waals surface area contributed by atoms with E-state index in [2.05, 4.69) is 20.5 Å². The van der Waals surface area contributed by atoms with Crippen LogP contribution in [0.15, 0.2) is 23.0 Å². The molecular formula is C20H25ClN4O2. The van der Waals surface area contributed by atoms with Gasteiger partial charge in [0.25, 0.3) is 5.56 Å². The Morgan fingerprint density at radius 3 is 2.74 bits per heavy atom. The average molecular weight is 389 g/mol. The lowest BCUT2D eigenvalue weighted by Crippen LogP contribution is -2.31. The molecule has 1 aromatic carbocycles. The van der Waals surface area contributed by atoms with E-state index < -0.39 is 0 Å². The molecule has 1 aliphatic rings. The monoisotopic (exact) mass is 388 g/mol. The number of benzene rings is 1. The lowest BCUT2D eigenvalue weighted by molar-refractivity contribution is -0.121. The highest BCUT2D eigenvalue weighted by Gasteiger charge is 2.15. The van der Waals surface area contributed by atoms with Crippen LogP contribution in [0.3, 0.4) is 0 Å². The summed E-state index contributed by atoms with van der Waals surface area (Å²) in [5, 5.41) is 11.7. The second kappa shape index (κ2) is 9.13. The van der Waals surface area contributed by atoms with Crippen molar-refractivity contribution < 1.29 is 4.79 Å². The molecule has 0 radical (unpaired) electrons. The summed E-state index contributed by atoms with van der Waals surface area (Å²) in [6, 6.07) is 5.44. The van der Waals surface area contributed by atoms with Crippen LogP contribution in [0.1, 0.15) is 49.8 Å². The maximum Gasteiger partial charge on any atom is 0.273 e. The average Bonchev–Trinajstić information content (AvgIpc) is 2.68. The van der Waals surface area contributed by atoms with E-state index in [1.54, 1.807) is 6.07 Å². The quantitative estimate of drug-likeness (QED) is 0.793. The molecule has 1 heterocycles. The smallest absolute Gasteiger partial charge is 0.273 e. The SMILES string of the molecule is Cc1ccc(-c2nnc(CCC(=O)NCC3CCCCC3)c(=O)[nH]2)cc1Cl. The van der Waals surface area contributed by atoms with Gasteiger partial charge in [0.15, 0.2) is 5.82 Å². The molecule has 0 spiro atoms. The molecule has 7 heteroatoms. The number of nitrogens with one attached hydrogen (secondary N) is 2. The van der Waals surface area contributed by atoms with Crippen LogP contribution in [0, 0.1) is 12.8 Å². The molecule has 0 atom stereocenters. The van der Waals surface area contributed by atoms with Gasteiger partial charge in [0.2, 0.25) is 5.91 Å². The lowest BCUT2D eigenvalue weighted by atomic mass is 9.89. The Bertz CT molecular complexity index is 859. The maximum absolute atomic E-state index is 12.3. The Balaban J connectivity index is 1.55. The van der Waals surface area contributed by atoms with Crippen LogP contribution in [0.5, 0.6) is 0 Å². The molecule has 0 unspecified atom stereocenters. The molecule has 0 aliphatic heterocycles. The number of carbonyl (C=O) groups is 1. The number of aromatic amines is 1. The zero-order chi connectivity index (χ0) is 19.2. The fourth-order valence-electron chi connectivity index (χ4n) is 3.36. The normalized spacial score (nSPS) is 14.9. The predicted octanol–water partition coefficient (Wildman–Crippen LogP) is 3.42. The van der Waals surface area contributed by atoms with Crippen molar-refractivity contribution in [3.05, 3.63) is 44.8 Å². The van der Waals surface area contributed by atoms with Gasteiger partial charge >= 0.3 is 0 Å². The van der Waals surface area contributed by atoms with Gasteiger partial charge in [0.1, 0.15) is 5.69 Å². The maximum atomic E-state index is 12.3. The van der Waals surface area contributed by atoms with Crippen LogP contribution < -0.4 is 10.9 Å². The van der Waals surface area contributed by atoms with Crippen LogP contribution in [-0.2, 0) is 11.2 Å². The molecule has 1 aliphatic carbocycles. The van der Waals surface area contributed by atoms with Crippen LogP contribution in [0.2, 0.25) is 5.02 Å². The summed E-state index contributed by atoms with van der Waals surface area (Å²) >= 11 is 6.12. The molecule has 1 saturated carbocycles. The first-order valence-corrected chi connectivity index (χ1v) is 9.90. The lowest BCUT2D eigenvalue weighted by Gasteiger charge is -2.21. The van der Waals surface area contributed by atoms with Crippen molar-refractivity contribution in [3.63, 3.8) is 0 Å². The van der Waals surface area contributed by atoms with Gasteiger partial charge in [0, 0.05) is 30.0 Å². The molecule has 1 amide bonds. The molecule has 1 fully saturated rings. The summed E-state index contributed by atoms with van der Waals surface area (Å²) in [5.41, 5.74) is 1.60. The summed E-state index contributed by atoms with van der Waals surface area (Å²) in [7, 11) is 0. The summed E-state index contributed by atoms with van der Waals surface area (Å²) < 4.78 is 0. The largest absolute Gasteiger partial charge is 0.356 e. The highest BCUT2D eigenvalue weighted by molar-refractivity contribution is 6.31. The van der Waals surface area contributed by atoms with Gasteiger partial charge in [-0.05, 0) is 37.3 Å². The van der Waals surface area contributed by atoms with Crippen molar-refractivity contribution in [1.29, 1.82) is 0 Å². The Morgan fingerprint density at radius 2 is 2.04 bits per heavy atom. The third kappa shape index (κ3) is 5.39. The number of nitrogens with zero attached hydrogens (tertiary/aromatic N) is 2. The first kappa shape index (κ1) is 19.5. The molecule has 1 aromatic heterocycles. The molecular weight excluding hydrogens is 364 g/mol. The van der Waals surface area contributed by atoms with Crippen molar-refractivity contribution in [2.24, 2.45) is 5.92 Å². The molecule has 2 N–H and O–H groups in total.